The van der Waals surface area contributed by atoms with Crippen LogP contribution in [0.4, 0.5) is 5.69 Å². The van der Waals surface area contributed by atoms with Gasteiger partial charge in [0, 0.05) is 54.9 Å². The van der Waals surface area contributed by atoms with Crippen molar-refractivity contribution in [1.29, 1.82) is 0 Å². The van der Waals surface area contributed by atoms with Gasteiger partial charge >= 0.3 is 11.9 Å². The molecular weight excluding hydrogens is 602 g/mol. The molecule has 0 aliphatic carbocycles. The first-order valence-electron chi connectivity index (χ1n) is 15.5. The average Bonchev–Trinajstić information content (AvgIpc) is 3.41. The zero-order valence-corrected chi connectivity index (χ0v) is 26.9. The number of likely N-dealkylation sites (tertiary alicyclic amines) is 1. The molecule has 0 saturated carbocycles. The van der Waals surface area contributed by atoms with Crippen molar-refractivity contribution in [2.75, 3.05) is 26.7 Å². The Balaban J connectivity index is 1.35. The summed E-state index contributed by atoms with van der Waals surface area (Å²) in [5.41, 5.74) is 2.49. The van der Waals surface area contributed by atoms with Crippen molar-refractivity contribution in [3.8, 4) is 11.5 Å². The van der Waals surface area contributed by atoms with Crippen LogP contribution in [-0.4, -0.2) is 70.0 Å². The Hall–Kier alpha value is -5.03. The Morgan fingerprint density at radius 2 is 1.66 bits per heavy atom. The topological polar surface area (TPSA) is 152 Å². The Morgan fingerprint density at radius 3 is 2.23 bits per heavy atom. The number of phenolic OH excluding ortho intramolecular Hbond substituents is 2. The molecular formula is C36H39N3O8. The Kier molecular flexibility index (Phi) is 9.76. The van der Waals surface area contributed by atoms with Gasteiger partial charge in [0.15, 0.2) is 0 Å². The number of carbonyl (C=O) groups excluding carboxylic acids is 2. The molecule has 0 spiro atoms. The van der Waals surface area contributed by atoms with E-state index >= 15 is 0 Å². The lowest BCUT2D eigenvalue weighted by molar-refractivity contribution is -0.384. The second-order valence-corrected chi connectivity index (χ2v) is 12.5. The number of aromatic hydroxyl groups is 2. The molecule has 3 atom stereocenters. The molecule has 1 saturated heterocycles. The number of allylic oxidation sites excluding steroid dienone is 1. The first-order chi connectivity index (χ1) is 22.4. The van der Waals surface area contributed by atoms with Gasteiger partial charge in [-0.25, -0.2) is 4.79 Å². The molecule has 1 unspecified atom stereocenters. The van der Waals surface area contributed by atoms with Gasteiger partial charge in [-0.3, -0.25) is 24.8 Å². The maximum absolute atomic E-state index is 14.0. The zero-order chi connectivity index (χ0) is 33.9. The third-order valence-corrected chi connectivity index (χ3v) is 9.12. The van der Waals surface area contributed by atoms with Crippen molar-refractivity contribution in [3.05, 3.63) is 111 Å². The molecule has 2 aliphatic heterocycles. The van der Waals surface area contributed by atoms with Gasteiger partial charge in [0.1, 0.15) is 23.0 Å². The highest BCUT2D eigenvalue weighted by Crippen LogP contribution is 2.42. The number of benzene rings is 3. The molecule has 2 N–H and O–H groups in total. The molecule has 0 radical (unpaired) electrons. The molecule has 246 valence electrons. The van der Waals surface area contributed by atoms with E-state index < -0.39 is 34.3 Å². The molecule has 3 aromatic rings. The Morgan fingerprint density at radius 1 is 1.04 bits per heavy atom. The van der Waals surface area contributed by atoms with Crippen molar-refractivity contribution in [1.82, 2.24) is 4.90 Å². The first kappa shape index (κ1) is 33.3. The minimum atomic E-state index is -0.960. The second-order valence-electron chi connectivity index (χ2n) is 12.5. The van der Waals surface area contributed by atoms with Crippen LogP contribution in [0, 0.1) is 16.0 Å². The molecule has 0 amide bonds. The van der Waals surface area contributed by atoms with Crippen LogP contribution in [0.15, 0.2) is 89.1 Å². The summed E-state index contributed by atoms with van der Waals surface area (Å²) in [4.78, 5) is 44.9. The molecule has 1 fully saturated rings. The predicted molar refractivity (Wildman–Crippen MR) is 175 cm³/mol. The van der Waals surface area contributed by atoms with Crippen LogP contribution in [0.5, 0.6) is 11.5 Å². The first-order valence-corrected chi connectivity index (χ1v) is 15.5. The largest absolute Gasteiger partial charge is 0.508 e. The molecule has 11 heteroatoms. The van der Waals surface area contributed by atoms with E-state index in [1.807, 2.05) is 31.2 Å². The summed E-state index contributed by atoms with van der Waals surface area (Å²) in [5.74, 6) is -2.69. The number of carbonyl (C=O) groups is 2. The van der Waals surface area contributed by atoms with Crippen LogP contribution in [0.25, 0.3) is 0 Å². The van der Waals surface area contributed by atoms with E-state index in [4.69, 9.17) is 9.47 Å². The van der Waals surface area contributed by atoms with Gasteiger partial charge in [0.25, 0.3) is 5.69 Å². The smallest absolute Gasteiger partial charge is 0.337 e. The third kappa shape index (κ3) is 7.36. The molecule has 2 aliphatic rings. The summed E-state index contributed by atoms with van der Waals surface area (Å²) in [6.07, 6.45) is 1.33. The zero-order valence-electron chi connectivity index (χ0n) is 26.9. The minimum absolute atomic E-state index is 0.00712. The van der Waals surface area contributed by atoms with Crippen molar-refractivity contribution in [3.63, 3.8) is 0 Å². The monoisotopic (exact) mass is 641 g/mol. The summed E-state index contributed by atoms with van der Waals surface area (Å²) in [7, 11) is 1.26. The highest BCUT2D eigenvalue weighted by Gasteiger charge is 2.45. The van der Waals surface area contributed by atoms with Crippen molar-refractivity contribution >= 4 is 23.3 Å². The lowest BCUT2D eigenvalue weighted by Gasteiger charge is -2.33. The number of esters is 2. The van der Waals surface area contributed by atoms with Crippen molar-refractivity contribution in [2.45, 2.75) is 51.0 Å². The fourth-order valence-corrected chi connectivity index (χ4v) is 6.76. The summed E-state index contributed by atoms with van der Waals surface area (Å²) >= 11 is 0. The molecule has 47 heavy (non-hydrogen) atoms. The van der Waals surface area contributed by atoms with E-state index in [0.717, 1.165) is 17.5 Å². The fourth-order valence-electron chi connectivity index (χ4n) is 6.76. The van der Waals surface area contributed by atoms with Gasteiger partial charge in [-0.2, -0.15) is 0 Å². The predicted octanol–water partition coefficient (Wildman–Crippen LogP) is 5.86. The van der Waals surface area contributed by atoms with Gasteiger partial charge in [0.05, 0.1) is 17.6 Å². The van der Waals surface area contributed by atoms with Gasteiger partial charge in [-0.1, -0.05) is 36.4 Å². The number of phenols is 2. The average molecular weight is 642 g/mol. The lowest BCUT2D eigenvalue weighted by Crippen LogP contribution is -2.40. The number of aliphatic imine (C=N–C) groups is 1. The number of non-ortho nitro benzene ring substituents is 1. The maximum atomic E-state index is 14.0. The molecule has 3 aromatic carbocycles. The van der Waals surface area contributed by atoms with Gasteiger partial charge in [-0.15, -0.1) is 0 Å². The number of nitrogens with zero attached hydrogens (tertiary/aromatic N) is 3. The number of nitro benzene ring substituents is 1. The number of hydrogen-bond donors (Lipinski definition) is 2. The Labute approximate surface area is 273 Å². The highest BCUT2D eigenvalue weighted by molar-refractivity contribution is 6.07. The summed E-state index contributed by atoms with van der Waals surface area (Å²) in [6.45, 7) is 7.11. The van der Waals surface area contributed by atoms with Crippen LogP contribution in [-0.2, 0) is 19.1 Å². The molecule has 11 nitrogen and oxygen atoms in total. The quantitative estimate of drug-likeness (QED) is 0.158. The number of nitro groups is 1. The van der Waals surface area contributed by atoms with Crippen LogP contribution in [0.1, 0.15) is 62.1 Å². The van der Waals surface area contributed by atoms with E-state index in [1.54, 1.807) is 44.2 Å². The van der Waals surface area contributed by atoms with Crippen molar-refractivity contribution < 1.29 is 34.2 Å². The number of rotatable bonds is 10. The SMILES string of the molecule is COC(=O)C1C(C)=NC(C)=C(C(=O)O[C@@]2(C)CCN(CCC(c3ccc(O)cc3)c3ccc(O)cc3)C2)[C@H]1c1cccc([N+](=O)[O-])c1. The standard InChI is InChI=1S/C36H39N3O8/c1-22-31(34(42)46-4)33(26-6-5-7-27(20-26)39(44)45)32(23(2)37-22)35(43)47-36(3)17-19-38(21-36)18-16-30(24-8-12-28(40)13-9-24)25-10-14-29(41)15-11-25/h5-15,20,30-31,33,40-41H,16-19,21H2,1-4H3/t31?,33-,36-/m0/s1. The molecule has 0 aromatic heterocycles. The van der Waals surface area contributed by atoms with E-state index in [-0.39, 0.29) is 28.7 Å². The third-order valence-electron chi connectivity index (χ3n) is 9.12. The van der Waals surface area contributed by atoms with E-state index in [0.29, 0.717) is 43.0 Å². The number of hydrogen-bond acceptors (Lipinski definition) is 10. The summed E-state index contributed by atoms with van der Waals surface area (Å²) < 4.78 is 11.3. The van der Waals surface area contributed by atoms with Crippen LogP contribution in [0.3, 0.4) is 0 Å². The van der Waals surface area contributed by atoms with Crippen molar-refractivity contribution in [2.24, 2.45) is 10.9 Å². The van der Waals surface area contributed by atoms with Crippen LogP contribution < -0.4 is 0 Å². The summed E-state index contributed by atoms with van der Waals surface area (Å²) in [6, 6.07) is 20.1. The number of ether oxygens (including phenoxy) is 2. The Bertz CT molecular complexity index is 1670. The fraction of sp³-hybridized carbons (Fsp3) is 0.361. The van der Waals surface area contributed by atoms with E-state index in [2.05, 4.69) is 9.89 Å². The minimum Gasteiger partial charge on any atom is -0.508 e. The highest BCUT2D eigenvalue weighted by atomic mass is 16.6. The molecule has 5 rings (SSSR count). The van der Waals surface area contributed by atoms with Gasteiger partial charge in [-0.05, 0) is 74.7 Å². The maximum Gasteiger partial charge on any atom is 0.337 e. The van der Waals surface area contributed by atoms with Gasteiger partial charge < -0.3 is 19.7 Å². The number of methoxy groups -OCH3 is 1. The molecule has 0 bridgehead atoms. The summed E-state index contributed by atoms with van der Waals surface area (Å²) in [5, 5.41) is 31.3. The normalized spacial score (nSPS) is 21.4. The van der Waals surface area contributed by atoms with Gasteiger partial charge in [0.2, 0.25) is 0 Å². The second kappa shape index (κ2) is 13.8. The van der Waals surface area contributed by atoms with Crippen LogP contribution in [0.2, 0.25) is 0 Å². The van der Waals surface area contributed by atoms with Crippen LogP contribution >= 0.6 is 0 Å². The van der Waals surface area contributed by atoms with E-state index in [9.17, 15) is 29.9 Å². The van der Waals surface area contributed by atoms with E-state index in [1.165, 1.54) is 25.3 Å². The lowest BCUT2D eigenvalue weighted by atomic mass is 9.75. The molecule has 2 heterocycles.